The molecule has 0 bridgehead atoms. The van der Waals surface area contributed by atoms with Crippen LogP contribution in [0.4, 0.5) is 0 Å². The quantitative estimate of drug-likeness (QED) is 0.879. The van der Waals surface area contributed by atoms with Gasteiger partial charge in [-0.3, -0.25) is 0 Å². The smallest absolute Gasteiger partial charge is 0.146 e. The Morgan fingerprint density at radius 2 is 2.31 bits per heavy atom. The van der Waals surface area contributed by atoms with Crippen molar-refractivity contribution in [3.8, 4) is 0 Å². The van der Waals surface area contributed by atoms with Crippen LogP contribution in [0, 0.1) is 0 Å². The average Bonchev–Trinajstić information content (AvgIpc) is 2.85. The molecule has 2 rings (SSSR count). The lowest BCUT2D eigenvalue weighted by molar-refractivity contribution is 0.0550. The second-order valence-electron chi connectivity index (χ2n) is 4.27. The van der Waals surface area contributed by atoms with Gasteiger partial charge in [-0.1, -0.05) is 18.3 Å². The maximum atomic E-state index is 5.79. The van der Waals surface area contributed by atoms with Crippen molar-refractivity contribution in [1.29, 1.82) is 0 Å². The van der Waals surface area contributed by atoms with Crippen LogP contribution in [-0.4, -0.2) is 22.8 Å². The normalized spacial score (nSPS) is 27.2. The summed E-state index contributed by atoms with van der Waals surface area (Å²) in [5, 5.41) is 13.9. The molecule has 1 aromatic heterocycles. The van der Waals surface area contributed by atoms with E-state index in [2.05, 4.69) is 36.3 Å². The van der Waals surface area contributed by atoms with Crippen molar-refractivity contribution in [3.63, 3.8) is 0 Å². The molecule has 1 fully saturated rings. The summed E-state index contributed by atoms with van der Waals surface area (Å²) in [5.41, 5.74) is 0. The summed E-state index contributed by atoms with van der Waals surface area (Å²) in [6.45, 7) is 7.28. The summed E-state index contributed by atoms with van der Waals surface area (Å²) >= 11 is 1.67. The molecule has 2 heterocycles. The van der Waals surface area contributed by atoms with Crippen LogP contribution >= 0.6 is 11.3 Å². The molecular formula is C11H19N3OS. The second kappa shape index (κ2) is 5.21. The van der Waals surface area contributed by atoms with Gasteiger partial charge in [0.15, 0.2) is 0 Å². The van der Waals surface area contributed by atoms with Crippen molar-refractivity contribution in [2.45, 2.75) is 51.9 Å². The van der Waals surface area contributed by atoms with Crippen LogP contribution in [0.3, 0.4) is 0 Å². The number of nitrogens with zero attached hydrogens (tertiary/aromatic N) is 2. The summed E-state index contributed by atoms with van der Waals surface area (Å²) in [4.78, 5) is 0. The van der Waals surface area contributed by atoms with E-state index in [1.54, 1.807) is 11.3 Å². The monoisotopic (exact) mass is 241 g/mol. The fraction of sp³-hybridized carbons (Fsp3) is 0.818. The van der Waals surface area contributed by atoms with Crippen molar-refractivity contribution in [2.24, 2.45) is 0 Å². The zero-order valence-corrected chi connectivity index (χ0v) is 10.9. The number of ether oxygens (including phenoxy) is 1. The van der Waals surface area contributed by atoms with Gasteiger partial charge in [-0.15, -0.1) is 10.2 Å². The Hall–Kier alpha value is -0.520. The molecule has 1 aliphatic heterocycles. The van der Waals surface area contributed by atoms with Crippen molar-refractivity contribution < 1.29 is 4.74 Å². The molecule has 0 saturated carbocycles. The molecule has 1 saturated heterocycles. The molecule has 4 nitrogen and oxygen atoms in total. The standard InChI is InChI=1S/C11H19N3OS/c1-4-12-8(3)10-13-14-11(16-10)9-6-5-7(2)15-9/h7-9,12H,4-6H2,1-3H3. The highest BCUT2D eigenvalue weighted by Crippen LogP contribution is 2.34. The van der Waals surface area contributed by atoms with E-state index in [0.29, 0.717) is 6.10 Å². The van der Waals surface area contributed by atoms with E-state index in [1.807, 2.05) is 0 Å². The Morgan fingerprint density at radius 3 is 2.94 bits per heavy atom. The fourth-order valence-electron chi connectivity index (χ4n) is 1.93. The van der Waals surface area contributed by atoms with Gasteiger partial charge in [0.25, 0.3) is 0 Å². The Morgan fingerprint density at radius 1 is 1.50 bits per heavy atom. The van der Waals surface area contributed by atoms with E-state index in [-0.39, 0.29) is 12.1 Å². The van der Waals surface area contributed by atoms with E-state index in [0.717, 1.165) is 29.4 Å². The third-order valence-corrected chi connectivity index (χ3v) is 4.04. The highest BCUT2D eigenvalue weighted by atomic mass is 32.1. The van der Waals surface area contributed by atoms with Gasteiger partial charge < -0.3 is 10.1 Å². The SMILES string of the molecule is CCNC(C)c1nnc(C2CCC(C)O2)s1. The van der Waals surface area contributed by atoms with Gasteiger partial charge in [0.05, 0.1) is 12.1 Å². The molecule has 0 spiro atoms. The van der Waals surface area contributed by atoms with Gasteiger partial charge in [0.2, 0.25) is 0 Å². The summed E-state index contributed by atoms with van der Waals surface area (Å²) in [5.74, 6) is 0. The van der Waals surface area contributed by atoms with Crippen molar-refractivity contribution in [3.05, 3.63) is 10.0 Å². The molecule has 0 radical (unpaired) electrons. The third-order valence-electron chi connectivity index (χ3n) is 2.84. The molecule has 3 atom stereocenters. The molecule has 5 heteroatoms. The van der Waals surface area contributed by atoms with E-state index < -0.39 is 0 Å². The summed E-state index contributed by atoms with van der Waals surface area (Å²) in [6, 6.07) is 0.287. The maximum Gasteiger partial charge on any atom is 0.146 e. The Kier molecular flexibility index (Phi) is 3.89. The van der Waals surface area contributed by atoms with Gasteiger partial charge in [0, 0.05) is 0 Å². The van der Waals surface area contributed by atoms with Crippen LogP contribution in [0.5, 0.6) is 0 Å². The molecule has 0 amide bonds. The topological polar surface area (TPSA) is 47.0 Å². The minimum atomic E-state index is 0.176. The molecule has 1 aromatic rings. The first kappa shape index (κ1) is 12.0. The van der Waals surface area contributed by atoms with Crippen LogP contribution in [0.2, 0.25) is 0 Å². The first-order chi connectivity index (χ1) is 7.70. The van der Waals surface area contributed by atoms with Gasteiger partial charge in [-0.2, -0.15) is 0 Å². The van der Waals surface area contributed by atoms with Crippen molar-refractivity contribution >= 4 is 11.3 Å². The lowest BCUT2D eigenvalue weighted by Gasteiger charge is -2.07. The second-order valence-corrected chi connectivity index (χ2v) is 5.31. The molecule has 3 unspecified atom stereocenters. The first-order valence-corrected chi connectivity index (χ1v) is 6.74. The predicted molar refractivity (Wildman–Crippen MR) is 64.5 cm³/mol. The number of aromatic nitrogens is 2. The average molecular weight is 241 g/mol. The molecule has 1 aliphatic rings. The van der Waals surface area contributed by atoms with E-state index in [1.165, 1.54) is 0 Å². The van der Waals surface area contributed by atoms with Crippen LogP contribution in [0.1, 0.15) is 55.8 Å². The van der Waals surface area contributed by atoms with Crippen LogP contribution in [0.25, 0.3) is 0 Å². The molecule has 1 N–H and O–H groups in total. The summed E-state index contributed by atoms with van der Waals surface area (Å²) in [6.07, 6.45) is 2.74. The molecule has 0 aromatic carbocycles. The lowest BCUT2D eigenvalue weighted by Crippen LogP contribution is -2.17. The largest absolute Gasteiger partial charge is 0.368 e. The molecular weight excluding hydrogens is 222 g/mol. The highest BCUT2D eigenvalue weighted by molar-refractivity contribution is 7.11. The lowest BCUT2D eigenvalue weighted by atomic mass is 10.2. The van der Waals surface area contributed by atoms with Crippen LogP contribution < -0.4 is 5.32 Å². The minimum absolute atomic E-state index is 0.176. The number of hydrogen-bond donors (Lipinski definition) is 1. The number of nitrogens with one attached hydrogen (secondary N) is 1. The molecule has 16 heavy (non-hydrogen) atoms. The highest BCUT2D eigenvalue weighted by Gasteiger charge is 2.27. The van der Waals surface area contributed by atoms with Gasteiger partial charge in [-0.05, 0) is 33.2 Å². The zero-order chi connectivity index (χ0) is 11.5. The number of rotatable bonds is 4. The van der Waals surface area contributed by atoms with Crippen LogP contribution in [-0.2, 0) is 4.74 Å². The fourth-order valence-corrected chi connectivity index (χ4v) is 2.87. The Labute approximate surface area is 100 Å². The molecule has 0 aliphatic carbocycles. The Bertz CT molecular complexity index is 342. The van der Waals surface area contributed by atoms with E-state index in [4.69, 9.17) is 4.74 Å². The van der Waals surface area contributed by atoms with Crippen LogP contribution in [0.15, 0.2) is 0 Å². The predicted octanol–water partition coefficient (Wildman–Crippen LogP) is 2.45. The van der Waals surface area contributed by atoms with Gasteiger partial charge >= 0.3 is 0 Å². The maximum absolute atomic E-state index is 5.79. The van der Waals surface area contributed by atoms with E-state index in [9.17, 15) is 0 Å². The van der Waals surface area contributed by atoms with Gasteiger partial charge in [-0.25, -0.2) is 0 Å². The summed E-state index contributed by atoms with van der Waals surface area (Å²) in [7, 11) is 0. The van der Waals surface area contributed by atoms with E-state index >= 15 is 0 Å². The van der Waals surface area contributed by atoms with Gasteiger partial charge in [0.1, 0.15) is 16.1 Å². The van der Waals surface area contributed by atoms with Crippen molar-refractivity contribution in [2.75, 3.05) is 6.54 Å². The Balaban J connectivity index is 2.01. The first-order valence-electron chi connectivity index (χ1n) is 5.92. The third kappa shape index (κ3) is 2.59. The zero-order valence-electron chi connectivity index (χ0n) is 10.1. The summed E-state index contributed by atoms with van der Waals surface area (Å²) < 4.78 is 5.79. The minimum Gasteiger partial charge on any atom is -0.368 e. The molecule has 90 valence electrons. The van der Waals surface area contributed by atoms with Crippen molar-refractivity contribution in [1.82, 2.24) is 15.5 Å². The number of hydrogen-bond acceptors (Lipinski definition) is 5.